The molecule has 3 aromatic carbocycles. The maximum Gasteiger partial charge on any atom is 0.263 e. The number of ether oxygens (including phenoxy) is 2. The fourth-order valence-corrected chi connectivity index (χ4v) is 5.11. The summed E-state index contributed by atoms with van der Waals surface area (Å²) < 4.78 is 25.5. The highest BCUT2D eigenvalue weighted by atomic mass is 19.1. The average molecular weight is 488 g/mol. The summed E-state index contributed by atoms with van der Waals surface area (Å²) in [6.45, 7) is 4.96. The number of imide groups is 1. The molecule has 1 saturated heterocycles. The van der Waals surface area contributed by atoms with E-state index in [0.717, 1.165) is 60.4 Å². The van der Waals surface area contributed by atoms with Gasteiger partial charge in [0.25, 0.3) is 11.8 Å². The lowest BCUT2D eigenvalue weighted by atomic mass is 10.1. The molecule has 0 N–H and O–H groups in total. The van der Waals surface area contributed by atoms with Crippen molar-refractivity contribution in [3.05, 3.63) is 88.7 Å². The molecule has 184 valence electrons. The summed E-state index contributed by atoms with van der Waals surface area (Å²) in [5, 5.41) is 0. The number of amides is 2. The van der Waals surface area contributed by atoms with Crippen molar-refractivity contribution in [1.82, 2.24) is 9.80 Å². The van der Waals surface area contributed by atoms with E-state index in [1.165, 1.54) is 6.07 Å². The number of benzene rings is 3. The van der Waals surface area contributed by atoms with Crippen LogP contribution < -0.4 is 14.4 Å². The highest BCUT2D eigenvalue weighted by Gasteiger charge is 2.39. The Morgan fingerprint density at radius 3 is 2.36 bits per heavy atom. The van der Waals surface area contributed by atoms with Crippen molar-refractivity contribution in [3.8, 4) is 11.5 Å². The highest BCUT2D eigenvalue weighted by molar-refractivity contribution is 6.23. The van der Waals surface area contributed by atoms with Crippen LogP contribution in [-0.2, 0) is 13.1 Å². The summed E-state index contributed by atoms with van der Waals surface area (Å²) >= 11 is 0. The minimum absolute atomic E-state index is 0.0816. The third-order valence-corrected chi connectivity index (χ3v) is 6.99. The molecular formula is C28H26FN3O4. The Bertz CT molecular complexity index is 1340. The summed E-state index contributed by atoms with van der Waals surface area (Å²) in [5.41, 5.74) is 3.05. The number of nitrogens with zero attached hydrogens (tertiary/aromatic N) is 3. The molecule has 36 heavy (non-hydrogen) atoms. The van der Waals surface area contributed by atoms with Crippen LogP contribution in [0.25, 0.3) is 0 Å². The molecule has 0 bridgehead atoms. The van der Waals surface area contributed by atoms with Crippen molar-refractivity contribution in [3.63, 3.8) is 0 Å². The zero-order valence-electron chi connectivity index (χ0n) is 19.8. The average Bonchev–Trinajstić information content (AvgIpc) is 3.15. The number of carbonyl (C=O) groups excluding carboxylic acids is 2. The Balaban J connectivity index is 1.15. The molecule has 3 aromatic rings. The van der Waals surface area contributed by atoms with Gasteiger partial charge in [0.05, 0.1) is 23.4 Å². The molecule has 0 atom stereocenters. The van der Waals surface area contributed by atoms with Crippen molar-refractivity contribution in [2.24, 2.45) is 0 Å². The van der Waals surface area contributed by atoms with E-state index < -0.39 is 5.82 Å². The molecule has 0 aliphatic carbocycles. The smallest absolute Gasteiger partial charge is 0.263 e. The van der Waals surface area contributed by atoms with Gasteiger partial charge in [0.15, 0.2) is 11.5 Å². The topological polar surface area (TPSA) is 62.3 Å². The summed E-state index contributed by atoms with van der Waals surface area (Å²) in [7, 11) is 0. The minimum atomic E-state index is -0.427. The molecule has 3 aliphatic heterocycles. The number of halogens is 1. The molecule has 3 aliphatic rings. The number of hydrogen-bond acceptors (Lipinski definition) is 6. The lowest BCUT2D eigenvalue weighted by Gasteiger charge is -2.36. The second kappa shape index (κ2) is 9.28. The molecule has 1 fully saturated rings. The first-order valence-electron chi connectivity index (χ1n) is 12.2. The Hall–Kier alpha value is -3.91. The Labute approximate surface area is 208 Å². The van der Waals surface area contributed by atoms with Crippen LogP contribution in [-0.4, -0.2) is 61.0 Å². The standard InChI is InChI=1S/C28H26FN3O4/c29-22-6-2-1-4-20(22)18-32-27(33)21-5-3-7-23(26(21)28(32)34)31-12-10-30(11-13-31)17-19-8-9-24-25(16-19)36-15-14-35-24/h1-9,16H,10-15,17-18H2. The number of hydrogen-bond donors (Lipinski definition) is 0. The molecule has 0 spiro atoms. The minimum Gasteiger partial charge on any atom is -0.486 e. The highest BCUT2D eigenvalue weighted by Crippen LogP contribution is 2.34. The molecule has 8 heteroatoms. The van der Waals surface area contributed by atoms with E-state index in [1.54, 1.807) is 24.3 Å². The zero-order valence-corrected chi connectivity index (χ0v) is 19.8. The number of anilines is 1. The zero-order chi connectivity index (χ0) is 24.6. The molecule has 0 unspecified atom stereocenters. The lowest BCUT2D eigenvalue weighted by molar-refractivity contribution is 0.0641. The van der Waals surface area contributed by atoms with Gasteiger partial charge in [-0.15, -0.1) is 0 Å². The summed E-state index contributed by atoms with van der Waals surface area (Å²) in [5.74, 6) is 0.407. The third-order valence-electron chi connectivity index (χ3n) is 6.99. The second-order valence-corrected chi connectivity index (χ2v) is 9.23. The lowest BCUT2D eigenvalue weighted by Crippen LogP contribution is -2.46. The summed E-state index contributed by atoms with van der Waals surface area (Å²) in [6.07, 6.45) is 0. The van der Waals surface area contributed by atoms with E-state index in [4.69, 9.17) is 9.47 Å². The van der Waals surface area contributed by atoms with Gasteiger partial charge in [0, 0.05) is 38.3 Å². The van der Waals surface area contributed by atoms with E-state index in [2.05, 4.69) is 15.9 Å². The molecule has 0 radical (unpaired) electrons. The number of rotatable bonds is 5. The van der Waals surface area contributed by atoms with Crippen LogP contribution in [0.5, 0.6) is 11.5 Å². The maximum absolute atomic E-state index is 14.2. The SMILES string of the molecule is O=C1c2cccc(N3CCN(Cc4ccc5c(c4)OCCO5)CC3)c2C(=O)N1Cc1ccccc1F. The van der Waals surface area contributed by atoms with Crippen molar-refractivity contribution in [2.75, 3.05) is 44.3 Å². The van der Waals surface area contributed by atoms with Gasteiger partial charge in [-0.05, 0) is 35.9 Å². The maximum atomic E-state index is 14.2. The number of carbonyl (C=O) groups is 2. The van der Waals surface area contributed by atoms with Gasteiger partial charge >= 0.3 is 0 Å². The molecule has 0 aromatic heterocycles. The van der Waals surface area contributed by atoms with Crippen molar-refractivity contribution in [1.29, 1.82) is 0 Å². The Morgan fingerprint density at radius 1 is 0.778 bits per heavy atom. The summed E-state index contributed by atoms with van der Waals surface area (Å²) in [6, 6.07) is 17.7. The van der Waals surface area contributed by atoms with Crippen LogP contribution in [0.1, 0.15) is 31.8 Å². The van der Waals surface area contributed by atoms with E-state index in [1.807, 2.05) is 24.3 Å². The van der Waals surface area contributed by atoms with E-state index in [-0.39, 0.29) is 18.4 Å². The van der Waals surface area contributed by atoms with E-state index in [0.29, 0.717) is 29.9 Å². The van der Waals surface area contributed by atoms with Crippen LogP contribution >= 0.6 is 0 Å². The predicted molar refractivity (Wildman–Crippen MR) is 132 cm³/mol. The molecule has 3 heterocycles. The first kappa shape index (κ1) is 22.5. The van der Waals surface area contributed by atoms with Gasteiger partial charge in [0.2, 0.25) is 0 Å². The molecule has 6 rings (SSSR count). The van der Waals surface area contributed by atoms with Crippen LogP contribution in [0.4, 0.5) is 10.1 Å². The number of fused-ring (bicyclic) bond motifs is 2. The predicted octanol–water partition coefficient (Wildman–Crippen LogP) is 3.72. The first-order chi connectivity index (χ1) is 17.6. The fraction of sp³-hybridized carbons (Fsp3) is 0.286. The van der Waals surface area contributed by atoms with Crippen LogP contribution in [0, 0.1) is 5.82 Å². The van der Waals surface area contributed by atoms with Gasteiger partial charge in [0.1, 0.15) is 19.0 Å². The van der Waals surface area contributed by atoms with Crippen molar-refractivity contribution in [2.45, 2.75) is 13.1 Å². The molecule has 2 amide bonds. The largest absolute Gasteiger partial charge is 0.486 e. The van der Waals surface area contributed by atoms with Crippen LogP contribution in [0.2, 0.25) is 0 Å². The second-order valence-electron chi connectivity index (χ2n) is 9.23. The summed E-state index contributed by atoms with van der Waals surface area (Å²) in [4.78, 5) is 32.1. The van der Waals surface area contributed by atoms with Gasteiger partial charge in [-0.3, -0.25) is 19.4 Å². The third kappa shape index (κ3) is 4.07. The molecule has 7 nitrogen and oxygen atoms in total. The molecular weight excluding hydrogens is 461 g/mol. The van der Waals surface area contributed by atoms with Crippen LogP contribution in [0.15, 0.2) is 60.7 Å². The molecule has 0 saturated carbocycles. The first-order valence-corrected chi connectivity index (χ1v) is 12.2. The van der Waals surface area contributed by atoms with Crippen LogP contribution in [0.3, 0.4) is 0 Å². The van der Waals surface area contributed by atoms with Gasteiger partial charge in [-0.2, -0.15) is 0 Å². The van der Waals surface area contributed by atoms with Gasteiger partial charge in [-0.25, -0.2) is 4.39 Å². The van der Waals surface area contributed by atoms with E-state index >= 15 is 0 Å². The van der Waals surface area contributed by atoms with Gasteiger partial charge < -0.3 is 14.4 Å². The Kier molecular flexibility index (Phi) is 5.81. The quantitative estimate of drug-likeness (QED) is 0.512. The number of piperazine rings is 1. The monoisotopic (exact) mass is 487 g/mol. The Morgan fingerprint density at radius 2 is 1.56 bits per heavy atom. The van der Waals surface area contributed by atoms with Gasteiger partial charge in [-0.1, -0.05) is 30.3 Å². The van der Waals surface area contributed by atoms with Crippen molar-refractivity contribution >= 4 is 17.5 Å². The fourth-order valence-electron chi connectivity index (χ4n) is 5.11. The van der Waals surface area contributed by atoms with E-state index in [9.17, 15) is 14.0 Å². The normalized spacial score (nSPS) is 17.5. The van der Waals surface area contributed by atoms with Crippen molar-refractivity contribution < 1.29 is 23.5 Å².